The Morgan fingerprint density at radius 1 is 1.03 bits per heavy atom. The summed E-state index contributed by atoms with van der Waals surface area (Å²) < 4.78 is 13.3. The predicted octanol–water partition coefficient (Wildman–Crippen LogP) is 5.40. The Hall–Kier alpha value is -3.34. The van der Waals surface area contributed by atoms with Crippen LogP contribution in [0, 0.1) is 0 Å². The van der Waals surface area contributed by atoms with Crippen molar-refractivity contribution in [2.45, 2.75) is 13.2 Å². The highest BCUT2D eigenvalue weighted by molar-refractivity contribution is 9.10. The van der Waals surface area contributed by atoms with E-state index in [1.165, 1.54) is 11.8 Å². The number of thiocarbonyl (C=S) groups is 1. The molecule has 190 valence electrons. The van der Waals surface area contributed by atoms with E-state index in [2.05, 4.69) is 31.9 Å². The number of amides is 3. The van der Waals surface area contributed by atoms with Crippen molar-refractivity contribution in [3.05, 3.63) is 98.9 Å². The highest BCUT2D eigenvalue weighted by Gasteiger charge is 2.22. The van der Waals surface area contributed by atoms with Crippen molar-refractivity contribution in [1.29, 1.82) is 0 Å². The van der Waals surface area contributed by atoms with E-state index in [1.54, 1.807) is 18.2 Å². The molecule has 10 heteroatoms. The zero-order valence-corrected chi connectivity index (χ0v) is 22.9. The number of nitrogens with one attached hydrogen (secondary N) is 3. The van der Waals surface area contributed by atoms with E-state index in [-0.39, 0.29) is 18.5 Å². The molecule has 7 nitrogen and oxygen atoms in total. The minimum Gasteiger partial charge on any atom is -0.492 e. The van der Waals surface area contributed by atoms with Crippen LogP contribution in [0.15, 0.2) is 82.2 Å². The molecule has 1 fully saturated rings. The second-order valence-corrected chi connectivity index (χ2v) is 10.4. The molecule has 37 heavy (non-hydrogen) atoms. The fraction of sp³-hybridized carbons (Fsp3) is 0.148. The van der Waals surface area contributed by atoms with Gasteiger partial charge in [-0.05, 0) is 29.8 Å². The number of hydrogen-bond acceptors (Lipinski definition) is 6. The van der Waals surface area contributed by atoms with E-state index in [0.29, 0.717) is 40.4 Å². The molecule has 3 aromatic carbocycles. The van der Waals surface area contributed by atoms with Gasteiger partial charge in [0.05, 0.1) is 11.4 Å². The van der Waals surface area contributed by atoms with Crippen molar-refractivity contribution in [3.8, 4) is 11.5 Å². The predicted molar refractivity (Wildman–Crippen MR) is 153 cm³/mol. The number of carbonyl (C=O) groups excluding carboxylic acids is 2. The highest BCUT2D eigenvalue weighted by atomic mass is 79.9. The number of benzene rings is 3. The Balaban J connectivity index is 1.37. The average molecular weight is 599 g/mol. The summed E-state index contributed by atoms with van der Waals surface area (Å²) in [6.07, 6.45) is 1.75. The minimum absolute atomic E-state index is 0.233. The first-order valence-electron chi connectivity index (χ1n) is 11.4. The quantitative estimate of drug-likeness (QED) is 0.165. The minimum atomic E-state index is -0.267. The number of ether oxygens (including phenoxy) is 2. The van der Waals surface area contributed by atoms with Crippen molar-refractivity contribution in [1.82, 2.24) is 16.0 Å². The van der Waals surface area contributed by atoms with Gasteiger partial charge in [-0.1, -0.05) is 88.4 Å². The Kier molecular flexibility index (Phi) is 9.58. The lowest BCUT2D eigenvalue weighted by molar-refractivity contribution is -0.115. The molecule has 1 heterocycles. The van der Waals surface area contributed by atoms with Gasteiger partial charge in [0.15, 0.2) is 0 Å². The van der Waals surface area contributed by atoms with Gasteiger partial charge in [-0.15, -0.1) is 0 Å². The van der Waals surface area contributed by atoms with Gasteiger partial charge in [0.25, 0.3) is 5.91 Å². The molecule has 0 spiro atoms. The zero-order valence-electron chi connectivity index (χ0n) is 19.7. The van der Waals surface area contributed by atoms with E-state index in [1.807, 2.05) is 60.7 Å². The number of hydrogen-bond donors (Lipinski definition) is 3. The molecule has 0 unspecified atom stereocenters. The van der Waals surface area contributed by atoms with Gasteiger partial charge in [-0.25, -0.2) is 4.79 Å². The maximum absolute atomic E-state index is 12.1. The van der Waals surface area contributed by atoms with E-state index in [0.717, 1.165) is 21.2 Å². The van der Waals surface area contributed by atoms with Gasteiger partial charge in [0, 0.05) is 28.2 Å². The van der Waals surface area contributed by atoms with Crippen LogP contribution in [0.5, 0.6) is 11.5 Å². The van der Waals surface area contributed by atoms with Crippen LogP contribution in [0.3, 0.4) is 0 Å². The summed E-state index contributed by atoms with van der Waals surface area (Å²) in [6, 6.07) is 22.6. The van der Waals surface area contributed by atoms with Gasteiger partial charge in [0.1, 0.15) is 29.0 Å². The molecule has 3 aromatic rings. The van der Waals surface area contributed by atoms with Crippen LogP contribution < -0.4 is 25.4 Å². The van der Waals surface area contributed by atoms with Crippen molar-refractivity contribution in [2.24, 2.45) is 0 Å². The van der Waals surface area contributed by atoms with Crippen molar-refractivity contribution < 1.29 is 19.1 Å². The summed E-state index contributed by atoms with van der Waals surface area (Å²) in [5.74, 6) is 0.902. The van der Waals surface area contributed by atoms with E-state index >= 15 is 0 Å². The Bertz CT molecular complexity index is 1320. The Morgan fingerprint density at radius 3 is 2.57 bits per heavy atom. The number of urea groups is 1. The molecule has 0 bridgehead atoms. The summed E-state index contributed by atoms with van der Waals surface area (Å²) in [6.45, 7) is 1.37. The van der Waals surface area contributed by atoms with Crippen LogP contribution >= 0.6 is 39.9 Å². The molecule has 1 saturated heterocycles. The number of thioether (sulfide) groups is 1. The monoisotopic (exact) mass is 597 g/mol. The molecule has 0 radical (unpaired) electrons. The summed E-state index contributed by atoms with van der Waals surface area (Å²) in [5, 5.41) is 8.21. The maximum atomic E-state index is 12.1. The van der Waals surface area contributed by atoms with Gasteiger partial charge >= 0.3 is 6.03 Å². The smallest absolute Gasteiger partial charge is 0.315 e. The fourth-order valence-corrected chi connectivity index (χ4v) is 4.79. The first kappa shape index (κ1) is 26.7. The van der Waals surface area contributed by atoms with Gasteiger partial charge in [-0.2, -0.15) is 0 Å². The summed E-state index contributed by atoms with van der Waals surface area (Å²) >= 11 is 9.84. The Labute approximate surface area is 233 Å². The largest absolute Gasteiger partial charge is 0.492 e. The van der Waals surface area contributed by atoms with E-state index < -0.39 is 0 Å². The molecular weight excluding hydrogens is 574 g/mol. The molecule has 0 saturated carbocycles. The van der Waals surface area contributed by atoms with E-state index in [9.17, 15) is 9.59 Å². The standard InChI is InChI=1S/C27H24BrN3O4S2/c28-22-9-5-4-8-20(22)17-35-23-15-21(11-10-19(23)14-24-25(32)31-27(36)37-24)34-13-12-29-26(33)30-16-18-6-2-1-3-7-18/h1-11,14-15H,12-13,16-17H2,(H2,29,30,33)(H,31,32,36). The SMILES string of the molecule is O=C(NCCOc1ccc(C=C2SC(=S)NC2=O)c(OCc2ccccc2Br)c1)NCc1ccccc1. The first-order valence-corrected chi connectivity index (χ1v) is 13.4. The van der Waals surface area contributed by atoms with Crippen LogP contribution in [0.1, 0.15) is 16.7 Å². The van der Waals surface area contributed by atoms with Gasteiger partial charge in [-0.3, -0.25) is 4.79 Å². The first-order chi connectivity index (χ1) is 18.0. The zero-order chi connectivity index (χ0) is 26.0. The Morgan fingerprint density at radius 2 is 1.81 bits per heavy atom. The van der Waals surface area contributed by atoms with Gasteiger partial charge < -0.3 is 25.4 Å². The molecule has 3 amide bonds. The van der Waals surface area contributed by atoms with E-state index in [4.69, 9.17) is 21.7 Å². The normalized spacial score (nSPS) is 13.8. The molecule has 0 aromatic heterocycles. The third-order valence-corrected chi connectivity index (χ3v) is 7.14. The van der Waals surface area contributed by atoms with Crippen LogP contribution in [0.4, 0.5) is 4.79 Å². The number of halogens is 1. The fourth-order valence-electron chi connectivity index (χ4n) is 3.36. The number of rotatable bonds is 10. The molecule has 3 N–H and O–H groups in total. The number of carbonyl (C=O) groups is 2. The molecule has 4 rings (SSSR count). The van der Waals surface area contributed by atoms with Gasteiger partial charge in [0.2, 0.25) is 0 Å². The third-order valence-electron chi connectivity index (χ3n) is 5.21. The topological polar surface area (TPSA) is 88.7 Å². The third kappa shape index (κ3) is 8.08. The van der Waals surface area contributed by atoms with Crippen molar-refractivity contribution in [3.63, 3.8) is 0 Å². The highest BCUT2D eigenvalue weighted by Crippen LogP contribution is 2.32. The lowest BCUT2D eigenvalue weighted by Crippen LogP contribution is -2.37. The lowest BCUT2D eigenvalue weighted by atomic mass is 10.1. The summed E-state index contributed by atoms with van der Waals surface area (Å²) in [4.78, 5) is 24.7. The molecular formula is C27H24BrN3O4S2. The molecule has 0 aliphatic carbocycles. The molecule has 1 aliphatic rings. The van der Waals surface area contributed by atoms with Crippen LogP contribution in [-0.4, -0.2) is 29.4 Å². The van der Waals surface area contributed by atoms with Crippen molar-refractivity contribution in [2.75, 3.05) is 13.2 Å². The van der Waals surface area contributed by atoms with Crippen LogP contribution in [-0.2, 0) is 17.9 Å². The summed E-state index contributed by atoms with van der Waals surface area (Å²) in [7, 11) is 0. The van der Waals surface area contributed by atoms with Crippen LogP contribution in [0.2, 0.25) is 0 Å². The van der Waals surface area contributed by atoms with Crippen LogP contribution in [0.25, 0.3) is 6.08 Å². The molecule has 1 aliphatic heterocycles. The summed E-state index contributed by atoms with van der Waals surface area (Å²) in [5.41, 5.74) is 2.72. The van der Waals surface area contributed by atoms with Crippen molar-refractivity contribution >= 4 is 62.2 Å². The molecule has 0 atom stereocenters. The average Bonchev–Trinajstić information content (AvgIpc) is 3.22. The lowest BCUT2D eigenvalue weighted by Gasteiger charge is -2.14. The second kappa shape index (κ2) is 13.3. The maximum Gasteiger partial charge on any atom is 0.315 e. The second-order valence-electron chi connectivity index (χ2n) is 7.88.